The third-order valence-electron chi connectivity index (χ3n) is 7.18. The van der Waals surface area contributed by atoms with E-state index in [1.165, 1.54) is 16.9 Å². The van der Waals surface area contributed by atoms with E-state index in [0.717, 1.165) is 6.20 Å². The molecule has 1 saturated heterocycles. The highest BCUT2D eigenvalue weighted by atomic mass is 19.4. The lowest BCUT2D eigenvalue weighted by Crippen LogP contribution is -2.60. The summed E-state index contributed by atoms with van der Waals surface area (Å²) in [5.41, 5.74) is -0.619. The van der Waals surface area contributed by atoms with Crippen molar-refractivity contribution in [3.8, 4) is 17.1 Å². The van der Waals surface area contributed by atoms with Crippen molar-refractivity contribution in [1.29, 1.82) is 0 Å². The first-order valence-electron chi connectivity index (χ1n) is 13.0. The Kier molecular flexibility index (Phi) is 7.55. The zero-order chi connectivity index (χ0) is 29.4. The SMILES string of the molecule is COc1ncc(-c2ccc(N(C(=O)O)C3CCC(Nc4ncc(C(F)(F)F)c(N5CC(C)(O)C5)n4)CC3)nc2)cn1. The highest BCUT2D eigenvalue weighted by Crippen LogP contribution is 2.39. The van der Waals surface area contributed by atoms with Crippen LogP contribution >= 0.6 is 0 Å². The summed E-state index contributed by atoms with van der Waals surface area (Å²) in [5, 5.41) is 23.1. The summed E-state index contributed by atoms with van der Waals surface area (Å²) in [5.74, 6) is 0.0640. The molecule has 0 spiro atoms. The van der Waals surface area contributed by atoms with Gasteiger partial charge in [-0.2, -0.15) is 18.2 Å². The van der Waals surface area contributed by atoms with Gasteiger partial charge in [0, 0.05) is 61.1 Å². The van der Waals surface area contributed by atoms with Gasteiger partial charge in [0.05, 0.1) is 12.7 Å². The third-order valence-corrected chi connectivity index (χ3v) is 7.18. The van der Waals surface area contributed by atoms with E-state index in [4.69, 9.17) is 4.74 Å². The number of methoxy groups -OCH3 is 1. The van der Waals surface area contributed by atoms with Gasteiger partial charge >= 0.3 is 18.3 Å². The largest absolute Gasteiger partial charge is 0.467 e. The molecule has 0 unspecified atom stereocenters. The van der Waals surface area contributed by atoms with E-state index in [0.29, 0.717) is 36.8 Å². The maximum absolute atomic E-state index is 13.6. The first-order chi connectivity index (χ1) is 19.4. The van der Waals surface area contributed by atoms with Crippen LogP contribution in [-0.2, 0) is 6.18 Å². The summed E-state index contributed by atoms with van der Waals surface area (Å²) in [6, 6.07) is 3.12. The molecule has 12 nitrogen and oxygen atoms in total. The predicted octanol–water partition coefficient (Wildman–Crippen LogP) is 3.83. The highest BCUT2D eigenvalue weighted by Gasteiger charge is 2.43. The van der Waals surface area contributed by atoms with Gasteiger partial charge in [-0.1, -0.05) is 0 Å². The molecule has 1 aliphatic heterocycles. The number of halogens is 3. The number of rotatable bonds is 7. The molecule has 15 heteroatoms. The normalized spacial score (nSPS) is 20.2. The molecule has 1 amide bonds. The van der Waals surface area contributed by atoms with Gasteiger partial charge in [0.15, 0.2) is 0 Å². The van der Waals surface area contributed by atoms with Crippen LogP contribution in [0, 0.1) is 0 Å². The molecule has 2 fully saturated rings. The lowest BCUT2D eigenvalue weighted by molar-refractivity contribution is -0.137. The number of alkyl halides is 3. The number of β-amino-alcohol motifs (C(OH)–C–C–N with tert-alkyl or cyclic N) is 1. The van der Waals surface area contributed by atoms with E-state index < -0.39 is 23.4 Å². The van der Waals surface area contributed by atoms with Crippen molar-refractivity contribution in [3.05, 3.63) is 42.5 Å². The van der Waals surface area contributed by atoms with Crippen molar-refractivity contribution in [1.82, 2.24) is 24.9 Å². The van der Waals surface area contributed by atoms with Crippen LogP contribution in [-0.4, -0.2) is 79.1 Å². The van der Waals surface area contributed by atoms with Crippen molar-refractivity contribution in [2.45, 2.75) is 56.5 Å². The quantitative estimate of drug-likeness (QED) is 0.378. The van der Waals surface area contributed by atoms with Crippen LogP contribution in [0.2, 0.25) is 0 Å². The molecule has 218 valence electrons. The summed E-state index contributed by atoms with van der Waals surface area (Å²) in [6.07, 6.45) is 1.82. The number of anilines is 3. The number of aromatic nitrogens is 5. The number of aliphatic hydroxyl groups is 1. The number of ether oxygens (including phenoxy) is 1. The number of hydrogen-bond donors (Lipinski definition) is 3. The topological polar surface area (TPSA) is 150 Å². The van der Waals surface area contributed by atoms with Crippen LogP contribution in [0.5, 0.6) is 6.01 Å². The van der Waals surface area contributed by atoms with Crippen molar-refractivity contribution >= 4 is 23.7 Å². The first-order valence-corrected chi connectivity index (χ1v) is 13.0. The molecule has 1 aliphatic carbocycles. The molecule has 0 aromatic carbocycles. The third kappa shape index (κ3) is 6.24. The van der Waals surface area contributed by atoms with Gasteiger partial charge in [0.25, 0.3) is 0 Å². The van der Waals surface area contributed by atoms with Crippen molar-refractivity contribution in [2.75, 3.05) is 35.3 Å². The van der Waals surface area contributed by atoms with Gasteiger partial charge in [-0.05, 0) is 44.7 Å². The van der Waals surface area contributed by atoms with Crippen LogP contribution in [0.1, 0.15) is 38.2 Å². The van der Waals surface area contributed by atoms with Crippen LogP contribution in [0.3, 0.4) is 0 Å². The first kappa shape index (κ1) is 28.3. The monoisotopic (exact) mass is 574 g/mol. The molecule has 3 aromatic heterocycles. The maximum Gasteiger partial charge on any atom is 0.421 e. The number of amides is 1. The summed E-state index contributed by atoms with van der Waals surface area (Å²) in [4.78, 5) is 35.3. The van der Waals surface area contributed by atoms with Crippen molar-refractivity contribution < 1.29 is 32.9 Å². The van der Waals surface area contributed by atoms with Gasteiger partial charge < -0.3 is 25.2 Å². The minimum absolute atomic E-state index is 0.0333. The molecule has 3 N–H and O–H groups in total. The maximum atomic E-state index is 13.6. The summed E-state index contributed by atoms with van der Waals surface area (Å²) < 4.78 is 45.6. The van der Waals surface area contributed by atoms with Crippen molar-refractivity contribution in [3.63, 3.8) is 0 Å². The standard InChI is InChI=1S/C26H29F3N8O4/c1-25(40)13-36(14-25)21-19(26(27,28)29)12-31-22(35-21)34-17-4-6-18(7-5-17)37(24(38)39)20-8-3-15(9-30-20)16-10-32-23(41-2)33-11-16/h3,8-12,17-18,40H,4-7,13-14H2,1-2H3,(H,38,39)(H,31,34,35). The molecule has 41 heavy (non-hydrogen) atoms. The van der Waals surface area contributed by atoms with Crippen LogP contribution in [0.25, 0.3) is 11.1 Å². The van der Waals surface area contributed by atoms with Gasteiger partial charge in [-0.25, -0.2) is 24.7 Å². The fraction of sp³-hybridized carbons (Fsp3) is 0.462. The lowest BCUT2D eigenvalue weighted by Gasteiger charge is -2.45. The number of nitrogens with zero attached hydrogens (tertiary/aromatic N) is 7. The van der Waals surface area contributed by atoms with Crippen molar-refractivity contribution in [2.24, 2.45) is 0 Å². The predicted molar refractivity (Wildman–Crippen MR) is 142 cm³/mol. The second kappa shape index (κ2) is 11.0. The average molecular weight is 575 g/mol. The Balaban J connectivity index is 1.24. The Hall–Kier alpha value is -4.27. The Bertz CT molecular complexity index is 1370. The molecular formula is C26H29F3N8O4. The van der Waals surface area contributed by atoms with Crippen LogP contribution in [0.15, 0.2) is 36.9 Å². The Morgan fingerprint density at radius 2 is 1.71 bits per heavy atom. The van der Waals surface area contributed by atoms with E-state index in [1.807, 2.05) is 0 Å². The van der Waals surface area contributed by atoms with Crippen LogP contribution < -0.4 is 19.9 Å². The molecule has 0 atom stereocenters. The zero-order valence-corrected chi connectivity index (χ0v) is 22.3. The average Bonchev–Trinajstić information content (AvgIpc) is 2.92. The Labute approximate surface area is 233 Å². The lowest BCUT2D eigenvalue weighted by atomic mass is 9.90. The van der Waals surface area contributed by atoms with Gasteiger partial charge in [-0.3, -0.25) is 4.90 Å². The number of pyridine rings is 1. The van der Waals surface area contributed by atoms with E-state index in [9.17, 15) is 28.2 Å². The van der Waals surface area contributed by atoms with Gasteiger partial charge in [0.1, 0.15) is 17.2 Å². The highest BCUT2D eigenvalue weighted by molar-refractivity contribution is 5.85. The number of nitrogens with one attached hydrogen (secondary N) is 1. The molecule has 4 heterocycles. The Morgan fingerprint density at radius 3 is 2.24 bits per heavy atom. The Morgan fingerprint density at radius 1 is 1.05 bits per heavy atom. The summed E-state index contributed by atoms with van der Waals surface area (Å²) in [7, 11) is 1.47. The van der Waals surface area contributed by atoms with E-state index in [-0.39, 0.29) is 48.8 Å². The summed E-state index contributed by atoms with van der Waals surface area (Å²) >= 11 is 0. The van der Waals surface area contributed by atoms with E-state index in [1.54, 1.807) is 37.6 Å². The second-order valence-electron chi connectivity index (χ2n) is 10.4. The minimum Gasteiger partial charge on any atom is -0.467 e. The van der Waals surface area contributed by atoms with Gasteiger partial charge in [0.2, 0.25) is 5.95 Å². The van der Waals surface area contributed by atoms with Gasteiger partial charge in [-0.15, -0.1) is 0 Å². The fourth-order valence-electron chi connectivity index (χ4n) is 5.18. The van der Waals surface area contributed by atoms with E-state index >= 15 is 0 Å². The molecular weight excluding hydrogens is 545 g/mol. The zero-order valence-electron chi connectivity index (χ0n) is 22.3. The molecule has 0 bridgehead atoms. The molecule has 3 aromatic rings. The van der Waals surface area contributed by atoms with E-state index in [2.05, 4.69) is 30.2 Å². The molecule has 0 radical (unpaired) electrons. The number of carboxylic acid groups (broad SMARTS) is 1. The molecule has 5 rings (SSSR count). The fourth-order valence-corrected chi connectivity index (χ4v) is 5.18. The van der Waals surface area contributed by atoms with Crippen LogP contribution in [0.4, 0.5) is 35.5 Å². The number of hydrogen-bond acceptors (Lipinski definition) is 10. The number of carbonyl (C=O) groups is 1. The molecule has 1 saturated carbocycles. The minimum atomic E-state index is -4.64. The molecule has 2 aliphatic rings. The summed E-state index contributed by atoms with van der Waals surface area (Å²) in [6.45, 7) is 1.62. The second-order valence-corrected chi connectivity index (χ2v) is 10.4. The smallest absolute Gasteiger partial charge is 0.421 e.